The van der Waals surface area contributed by atoms with Crippen molar-refractivity contribution in [3.05, 3.63) is 164 Å². The molecule has 0 saturated carbocycles. The lowest BCUT2D eigenvalue weighted by molar-refractivity contribution is 0.669. The Morgan fingerprint density at radius 3 is 1.89 bits per heavy atom. The lowest BCUT2D eigenvalue weighted by Crippen LogP contribution is -2.10. The highest BCUT2D eigenvalue weighted by atomic mass is 16.3. The molecule has 206 valence electrons. The zero-order valence-corrected chi connectivity index (χ0v) is 23.9. The van der Waals surface area contributed by atoms with Crippen LogP contribution < -0.4 is 4.90 Å². The lowest BCUT2D eigenvalue weighted by Gasteiger charge is -2.28. The molecule has 0 aliphatic carbocycles. The standard InChI is InChI=1S/C42H27NO/c1-2-11-29-24-31(21-20-28(29)10-1)30-13-9-14-33(25-30)43(34-22-23-39-38-18-7-8-19-41(38)44-42(39)27-34)40-26-32-12-3-4-15-35(32)36-16-5-6-17-37(36)40/h1-27H. The van der Waals surface area contributed by atoms with Gasteiger partial charge < -0.3 is 9.32 Å². The van der Waals surface area contributed by atoms with Gasteiger partial charge in [0.15, 0.2) is 0 Å². The molecule has 0 fully saturated rings. The number of benzene rings is 8. The Hall–Kier alpha value is -5.86. The number of furan rings is 1. The van der Waals surface area contributed by atoms with Crippen LogP contribution in [0.2, 0.25) is 0 Å². The summed E-state index contributed by atoms with van der Waals surface area (Å²) in [6.07, 6.45) is 0. The van der Waals surface area contributed by atoms with E-state index in [-0.39, 0.29) is 0 Å². The van der Waals surface area contributed by atoms with Gasteiger partial charge in [-0.05, 0) is 80.5 Å². The van der Waals surface area contributed by atoms with Gasteiger partial charge in [0.2, 0.25) is 0 Å². The molecule has 44 heavy (non-hydrogen) atoms. The third-order valence-electron chi connectivity index (χ3n) is 8.79. The smallest absolute Gasteiger partial charge is 0.137 e. The number of fused-ring (bicyclic) bond motifs is 7. The number of anilines is 3. The molecule has 0 bridgehead atoms. The van der Waals surface area contributed by atoms with Gasteiger partial charge in [-0.2, -0.15) is 0 Å². The molecule has 1 aromatic heterocycles. The Balaban J connectivity index is 1.30. The second-order valence-electron chi connectivity index (χ2n) is 11.4. The Bertz CT molecular complexity index is 2520. The van der Waals surface area contributed by atoms with Crippen molar-refractivity contribution in [1.82, 2.24) is 0 Å². The summed E-state index contributed by atoms with van der Waals surface area (Å²) >= 11 is 0. The van der Waals surface area contributed by atoms with Crippen LogP contribution >= 0.6 is 0 Å². The van der Waals surface area contributed by atoms with E-state index in [9.17, 15) is 0 Å². The topological polar surface area (TPSA) is 16.4 Å². The van der Waals surface area contributed by atoms with Crippen LogP contribution in [0.15, 0.2) is 168 Å². The zero-order chi connectivity index (χ0) is 29.0. The minimum atomic E-state index is 0.879. The van der Waals surface area contributed by atoms with Gasteiger partial charge in [0.05, 0.1) is 5.69 Å². The normalized spacial score (nSPS) is 11.6. The molecule has 0 unspecified atom stereocenters. The minimum Gasteiger partial charge on any atom is -0.456 e. The molecule has 2 heteroatoms. The van der Waals surface area contributed by atoms with E-state index in [1.807, 2.05) is 12.1 Å². The first-order valence-electron chi connectivity index (χ1n) is 15.0. The average molecular weight is 562 g/mol. The van der Waals surface area contributed by atoms with E-state index in [0.29, 0.717) is 0 Å². The van der Waals surface area contributed by atoms with Crippen LogP contribution in [-0.4, -0.2) is 0 Å². The summed E-state index contributed by atoms with van der Waals surface area (Å²) in [4.78, 5) is 2.38. The molecule has 2 nitrogen and oxygen atoms in total. The molecule has 8 aromatic carbocycles. The molecule has 0 amide bonds. The average Bonchev–Trinajstić information content (AvgIpc) is 3.46. The second-order valence-corrected chi connectivity index (χ2v) is 11.4. The maximum Gasteiger partial charge on any atom is 0.137 e. The van der Waals surface area contributed by atoms with E-state index in [4.69, 9.17) is 4.42 Å². The first-order valence-corrected chi connectivity index (χ1v) is 15.0. The molecule has 0 spiro atoms. The largest absolute Gasteiger partial charge is 0.456 e. The molecule has 0 saturated heterocycles. The number of rotatable bonds is 4. The Kier molecular flexibility index (Phi) is 5.54. The second kappa shape index (κ2) is 9.86. The van der Waals surface area contributed by atoms with E-state index in [2.05, 4.69) is 157 Å². The molecule has 0 aliphatic heterocycles. The van der Waals surface area contributed by atoms with Gasteiger partial charge in [-0.25, -0.2) is 0 Å². The maximum absolute atomic E-state index is 6.38. The first-order chi connectivity index (χ1) is 21.8. The van der Waals surface area contributed by atoms with Crippen LogP contribution in [-0.2, 0) is 0 Å². The number of hydrogen-bond donors (Lipinski definition) is 0. The van der Waals surface area contributed by atoms with Gasteiger partial charge in [0.25, 0.3) is 0 Å². The van der Waals surface area contributed by atoms with E-state index >= 15 is 0 Å². The van der Waals surface area contributed by atoms with Crippen molar-refractivity contribution in [1.29, 1.82) is 0 Å². The van der Waals surface area contributed by atoms with Crippen LogP contribution in [0.25, 0.3) is 65.4 Å². The van der Waals surface area contributed by atoms with Crippen molar-refractivity contribution in [3.8, 4) is 11.1 Å². The van der Waals surface area contributed by atoms with Crippen molar-refractivity contribution < 1.29 is 4.42 Å². The fourth-order valence-electron chi connectivity index (χ4n) is 6.69. The summed E-state index contributed by atoms with van der Waals surface area (Å²) < 4.78 is 6.38. The van der Waals surface area contributed by atoms with Crippen molar-refractivity contribution in [2.45, 2.75) is 0 Å². The van der Waals surface area contributed by atoms with Crippen LogP contribution in [0.1, 0.15) is 0 Å². The SMILES string of the molecule is c1cc(-c2ccc3ccccc3c2)cc(N(c2ccc3c(c2)oc2ccccc23)c2cc3ccccc3c3ccccc23)c1. The predicted molar refractivity (Wildman–Crippen MR) is 186 cm³/mol. The summed E-state index contributed by atoms with van der Waals surface area (Å²) in [6, 6.07) is 58.7. The summed E-state index contributed by atoms with van der Waals surface area (Å²) in [5.74, 6) is 0. The van der Waals surface area contributed by atoms with Gasteiger partial charge in [-0.1, -0.05) is 115 Å². The van der Waals surface area contributed by atoms with Crippen molar-refractivity contribution >= 4 is 71.3 Å². The van der Waals surface area contributed by atoms with Crippen molar-refractivity contribution in [2.75, 3.05) is 4.90 Å². The third kappa shape index (κ3) is 3.96. The molecule has 1 heterocycles. The molecule has 0 N–H and O–H groups in total. The molecule has 0 aliphatic rings. The predicted octanol–water partition coefficient (Wildman–Crippen LogP) is 12.2. The van der Waals surface area contributed by atoms with Crippen LogP contribution in [0.4, 0.5) is 17.1 Å². The van der Waals surface area contributed by atoms with Crippen LogP contribution in [0.3, 0.4) is 0 Å². The summed E-state index contributed by atoms with van der Waals surface area (Å²) in [6.45, 7) is 0. The van der Waals surface area contributed by atoms with E-state index < -0.39 is 0 Å². The van der Waals surface area contributed by atoms with Gasteiger partial charge in [-0.3, -0.25) is 0 Å². The lowest BCUT2D eigenvalue weighted by atomic mass is 9.98. The maximum atomic E-state index is 6.38. The van der Waals surface area contributed by atoms with E-state index in [1.54, 1.807) is 0 Å². The van der Waals surface area contributed by atoms with Gasteiger partial charge in [0.1, 0.15) is 11.2 Å². The Labute approximate surface area is 255 Å². The highest BCUT2D eigenvalue weighted by Gasteiger charge is 2.19. The first kappa shape index (κ1) is 24.7. The van der Waals surface area contributed by atoms with Crippen LogP contribution in [0, 0.1) is 0 Å². The molecule has 0 atom stereocenters. The van der Waals surface area contributed by atoms with Crippen LogP contribution in [0.5, 0.6) is 0 Å². The quantitative estimate of drug-likeness (QED) is 0.199. The van der Waals surface area contributed by atoms with Gasteiger partial charge in [0, 0.05) is 33.6 Å². The van der Waals surface area contributed by atoms with Crippen molar-refractivity contribution in [3.63, 3.8) is 0 Å². The fourth-order valence-corrected chi connectivity index (χ4v) is 6.69. The molecule has 0 radical (unpaired) electrons. The molecular formula is C42H27NO. The van der Waals surface area contributed by atoms with E-state index in [0.717, 1.165) is 39.0 Å². The fraction of sp³-hybridized carbons (Fsp3) is 0. The van der Waals surface area contributed by atoms with Gasteiger partial charge >= 0.3 is 0 Å². The number of hydrogen-bond acceptors (Lipinski definition) is 2. The van der Waals surface area contributed by atoms with Crippen molar-refractivity contribution in [2.24, 2.45) is 0 Å². The van der Waals surface area contributed by atoms with E-state index in [1.165, 1.54) is 43.4 Å². The highest BCUT2D eigenvalue weighted by Crippen LogP contribution is 2.44. The monoisotopic (exact) mass is 561 g/mol. The Morgan fingerprint density at radius 1 is 0.341 bits per heavy atom. The highest BCUT2D eigenvalue weighted by molar-refractivity contribution is 6.15. The molecular weight excluding hydrogens is 534 g/mol. The Morgan fingerprint density at radius 2 is 1.00 bits per heavy atom. The molecule has 9 rings (SSSR count). The summed E-state index contributed by atoms with van der Waals surface area (Å²) in [5.41, 5.74) is 7.42. The molecule has 9 aromatic rings. The number of nitrogens with zero attached hydrogens (tertiary/aromatic N) is 1. The zero-order valence-electron chi connectivity index (χ0n) is 23.9. The third-order valence-corrected chi connectivity index (χ3v) is 8.79. The summed E-state index contributed by atoms with van der Waals surface area (Å²) in [7, 11) is 0. The summed E-state index contributed by atoms with van der Waals surface area (Å²) in [5, 5.41) is 9.64. The van der Waals surface area contributed by atoms with Gasteiger partial charge in [-0.15, -0.1) is 0 Å². The minimum absolute atomic E-state index is 0.879. The number of para-hydroxylation sites is 1.